The third kappa shape index (κ3) is 3.15. The number of rotatable bonds is 1. The first-order valence-electron chi connectivity index (χ1n) is 6.54. The first-order chi connectivity index (χ1) is 11.0. The van der Waals surface area contributed by atoms with Gasteiger partial charge in [-0.1, -0.05) is 12.1 Å². The maximum Gasteiger partial charge on any atom is 0.418 e. The molecular weight excluding hydrogens is 334 g/mol. The number of nitriles is 1. The van der Waals surface area contributed by atoms with Crippen molar-refractivity contribution in [1.29, 1.82) is 5.26 Å². The van der Waals surface area contributed by atoms with Gasteiger partial charge < -0.3 is 5.73 Å². The molecule has 0 aliphatic carbocycles. The number of alkyl halides is 6. The van der Waals surface area contributed by atoms with Crippen molar-refractivity contribution in [2.75, 3.05) is 5.73 Å². The van der Waals surface area contributed by atoms with Crippen molar-refractivity contribution in [3.8, 4) is 17.2 Å². The summed E-state index contributed by atoms with van der Waals surface area (Å²) < 4.78 is 78.7. The monoisotopic (exact) mass is 344 g/mol. The lowest BCUT2D eigenvalue weighted by Crippen LogP contribution is -2.16. The van der Waals surface area contributed by atoms with Gasteiger partial charge in [0, 0.05) is 5.56 Å². The SMILES string of the molecule is Cc1c(C(F)(F)F)cc(C(F)(F)F)c(N)c1-c1cccc(C#N)c1. The molecule has 2 aromatic carbocycles. The molecule has 24 heavy (non-hydrogen) atoms. The van der Waals surface area contributed by atoms with Crippen LogP contribution in [-0.4, -0.2) is 0 Å². The predicted molar refractivity (Wildman–Crippen MR) is 75.7 cm³/mol. The average Bonchev–Trinajstić information content (AvgIpc) is 2.44. The molecule has 0 atom stereocenters. The van der Waals surface area contributed by atoms with Crippen LogP contribution in [0.25, 0.3) is 11.1 Å². The van der Waals surface area contributed by atoms with E-state index in [-0.39, 0.29) is 22.8 Å². The molecule has 0 fully saturated rings. The molecule has 0 heterocycles. The molecule has 8 heteroatoms. The third-order valence-electron chi connectivity index (χ3n) is 3.52. The number of anilines is 1. The second-order valence-corrected chi connectivity index (χ2v) is 5.07. The Morgan fingerprint density at radius 2 is 1.54 bits per heavy atom. The summed E-state index contributed by atoms with van der Waals surface area (Å²) in [5.74, 6) is 0. The minimum atomic E-state index is -5.04. The molecule has 0 bridgehead atoms. The van der Waals surface area contributed by atoms with E-state index >= 15 is 0 Å². The number of nitrogens with two attached hydrogens (primary N) is 1. The summed E-state index contributed by atoms with van der Waals surface area (Å²) in [5, 5.41) is 8.87. The number of benzene rings is 2. The summed E-state index contributed by atoms with van der Waals surface area (Å²) in [6.45, 7) is 1.05. The summed E-state index contributed by atoms with van der Waals surface area (Å²) in [7, 11) is 0. The van der Waals surface area contributed by atoms with Gasteiger partial charge in [0.15, 0.2) is 0 Å². The van der Waals surface area contributed by atoms with Crippen LogP contribution in [0.5, 0.6) is 0 Å². The zero-order chi connectivity index (χ0) is 18.3. The topological polar surface area (TPSA) is 49.8 Å². The lowest BCUT2D eigenvalue weighted by atomic mass is 9.90. The molecule has 2 aromatic rings. The predicted octanol–water partition coefficient (Wildman–Crippen LogP) is 5.15. The molecule has 0 radical (unpaired) electrons. The van der Waals surface area contributed by atoms with Gasteiger partial charge >= 0.3 is 12.4 Å². The highest BCUT2D eigenvalue weighted by Gasteiger charge is 2.40. The zero-order valence-corrected chi connectivity index (χ0v) is 12.2. The fraction of sp³-hybridized carbons (Fsp3) is 0.188. The molecule has 0 aliphatic rings. The van der Waals surface area contributed by atoms with Gasteiger partial charge in [0.1, 0.15) is 0 Å². The van der Waals surface area contributed by atoms with E-state index < -0.39 is 34.7 Å². The van der Waals surface area contributed by atoms with Gasteiger partial charge in [-0.3, -0.25) is 0 Å². The lowest BCUT2D eigenvalue weighted by Gasteiger charge is -2.21. The number of nitrogen functional groups attached to an aromatic ring is 1. The van der Waals surface area contributed by atoms with Gasteiger partial charge in [0.05, 0.1) is 28.4 Å². The molecule has 126 valence electrons. The molecule has 0 saturated carbocycles. The molecular formula is C16H10F6N2. The smallest absolute Gasteiger partial charge is 0.398 e. The van der Waals surface area contributed by atoms with Gasteiger partial charge in [-0.2, -0.15) is 31.6 Å². The zero-order valence-electron chi connectivity index (χ0n) is 12.2. The summed E-state index contributed by atoms with van der Waals surface area (Å²) >= 11 is 0. The molecule has 2 nitrogen and oxygen atoms in total. The van der Waals surface area contributed by atoms with Crippen LogP contribution in [0.4, 0.5) is 32.0 Å². The number of hydrogen-bond donors (Lipinski definition) is 1. The van der Waals surface area contributed by atoms with Crippen LogP contribution < -0.4 is 5.73 Å². The average molecular weight is 344 g/mol. The van der Waals surface area contributed by atoms with Crippen molar-refractivity contribution in [1.82, 2.24) is 0 Å². The van der Waals surface area contributed by atoms with Crippen molar-refractivity contribution in [3.05, 3.63) is 52.6 Å². The Kier molecular flexibility index (Phi) is 4.23. The van der Waals surface area contributed by atoms with E-state index in [2.05, 4.69) is 0 Å². The van der Waals surface area contributed by atoms with Gasteiger partial charge in [0.25, 0.3) is 0 Å². The van der Waals surface area contributed by atoms with Gasteiger partial charge in [-0.15, -0.1) is 0 Å². The summed E-state index contributed by atoms with van der Waals surface area (Å²) in [6, 6.07) is 7.04. The Labute approximate surface area is 133 Å². The van der Waals surface area contributed by atoms with Crippen molar-refractivity contribution < 1.29 is 26.3 Å². The van der Waals surface area contributed by atoms with Crippen molar-refractivity contribution in [2.24, 2.45) is 0 Å². The highest BCUT2D eigenvalue weighted by atomic mass is 19.4. The highest BCUT2D eigenvalue weighted by Crippen LogP contribution is 2.45. The van der Waals surface area contributed by atoms with E-state index in [4.69, 9.17) is 11.0 Å². The Balaban J connectivity index is 2.91. The fourth-order valence-corrected chi connectivity index (χ4v) is 2.45. The van der Waals surface area contributed by atoms with Crippen molar-refractivity contribution >= 4 is 5.69 Å². The maximum absolute atomic E-state index is 13.1. The molecule has 0 amide bonds. The lowest BCUT2D eigenvalue weighted by molar-refractivity contribution is -0.142. The number of halogens is 6. The van der Waals surface area contributed by atoms with Crippen LogP contribution in [0.2, 0.25) is 0 Å². The van der Waals surface area contributed by atoms with E-state index in [9.17, 15) is 26.3 Å². The molecule has 0 aromatic heterocycles. The summed E-state index contributed by atoms with van der Waals surface area (Å²) in [6.07, 6.45) is -10.0. The van der Waals surface area contributed by atoms with E-state index in [1.165, 1.54) is 24.3 Å². The number of hydrogen-bond acceptors (Lipinski definition) is 2. The Morgan fingerprint density at radius 3 is 2.04 bits per heavy atom. The quantitative estimate of drug-likeness (QED) is 0.574. The first-order valence-corrected chi connectivity index (χ1v) is 6.54. The van der Waals surface area contributed by atoms with E-state index in [1.54, 1.807) is 6.07 Å². The van der Waals surface area contributed by atoms with Crippen LogP contribution in [-0.2, 0) is 12.4 Å². The molecule has 2 N–H and O–H groups in total. The molecule has 0 spiro atoms. The van der Waals surface area contributed by atoms with Gasteiger partial charge in [-0.25, -0.2) is 0 Å². The van der Waals surface area contributed by atoms with Crippen LogP contribution in [0.3, 0.4) is 0 Å². The molecule has 2 rings (SSSR count). The Morgan fingerprint density at radius 1 is 0.958 bits per heavy atom. The van der Waals surface area contributed by atoms with E-state index in [0.717, 1.165) is 6.92 Å². The van der Waals surface area contributed by atoms with Crippen LogP contribution >= 0.6 is 0 Å². The van der Waals surface area contributed by atoms with Crippen molar-refractivity contribution in [3.63, 3.8) is 0 Å². The van der Waals surface area contributed by atoms with Gasteiger partial charge in [0.2, 0.25) is 0 Å². The van der Waals surface area contributed by atoms with E-state index in [0.29, 0.717) is 0 Å². The minimum absolute atomic E-state index is 0.0145. The number of nitrogens with zero attached hydrogens (tertiary/aromatic N) is 1. The van der Waals surface area contributed by atoms with Crippen LogP contribution in [0.15, 0.2) is 30.3 Å². The van der Waals surface area contributed by atoms with Crippen LogP contribution in [0.1, 0.15) is 22.3 Å². The third-order valence-corrected chi connectivity index (χ3v) is 3.52. The maximum atomic E-state index is 13.1. The molecule has 0 saturated heterocycles. The normalized spacial score (nSPS) is 12.1. The Bertz CT molecular complexity index is 790. The fourth-order valence-electron chi connectivity index (χ4n) is 2.45. The summed E-state index contributed by atoms with van der Waals surface area (Å²) in [4.78, 5) is 0. The second-order valence-electron chi connectivity index (χ2n) is 5.07. The minimum Gasteiger partial charge on any atom is -0.398 e. The molecule has 0 aliphatic heterocycles. The molecule has 0 unspecified atom stereocenters. The standard InChI is InChI=1S/C16H10F6N2/c1-8-11(15(17,18)19)6-12(16(20,21)22)14(24)13(8)10-4-2-3-9(5-10)7-23/h2-6H,24H2,1H3. The highest BCUT2D eigenvalue weighted by molar-refractivity contribution is 5.83. The largest absolute Gasteiger partial charge is 0.418 e. The first kappa shape index (κ1) is 17.7. The van der Waals surface area contributed by atoms with E-state index in [1.807, 2.05) is 0 Å². The van der Waals surface area contributed by atoms with Gasteiger partial charge in [-0.05, 0) is 36.2 Å². The summed E-state index contributed by atoms with van der Waals surface area (Å²) in [5.41, 5.74) is 1.06. The van der Waals surface area contributed by atoms with Crippen molar-refractivity contribution in [2.45, 2.75) is 19.3 Å². The van der Waals surface area contributed by atoms with Crippen LogP contribution in [0, 0.1) is 18.3 Å². The second kappa shape index (κ2) is 5.74. The Hall–Kier alpha value is -2.69.